The second-order valence-corrected chi connectivity index (χ2v) is 11.5. The highest BCUT2D eigenvalue weighted by atomic mass is 32.1. The van der Waals surface area contributed by atoms with E-state index in [2.05, 4.69) is 8.75 Å². The predicted molar refractivity (Wildman–Crippen MR) is 149 cm³/mol. The van der Waals surface area contributed by atoms with Gasteiger partial charge in [-0.15, -0.1) is 0 Å². The molecule has 2 fully saturated rings. The number of aliphatic hydroxyl groups is 1. The summed E-state index contributed by atoms with van der Waals surface area (Å²) in [5.41, 5.74) is 5.11. The molecule has 2 aliphatic carbocycles. The molecule has 0 bridgehead atoms. The van der Waals surface area contributed by atoms with Crippen molar-refractivity contribution in [2.75, 3.05) is 0 Å². The number of cyclic esters (lactones) is 1. The minimum atomic E-state index is -1.73. The van der Waals surface area contributed by atoms with Gasteiger partial charge in [0.05, 0.1) is 17.3 Å². The molecular formula is C31H36N2O4S. The lowest BCUT2D eigenvalue weighted by molar-refractivity contribution is -0.185. The Labute approximate surface area is 228 Å². The zero-order chi connectivity index (χ0) is 26.5. The minimum Gasteiger partial charge on any atom is -0.421 e. The van der Waals surface area contributed by atoms with Crippen LogP contribution in [0.2, 0.25) is 0 Å². The van der Waals surface area contributed by atoms with Gasteiger partial charge >= 0.3 is 5.97 Å². The van der Waals surface area contributed by atoms with Crippen LogP contribution in [0.5, 0.6) is 0 Å². The maximum Gasteiger partial charge on any atom is 0.341 e. The van der Waals surface area contributed by atoms with Crippen molar-refractivity contribution in [1.29, 1.82) is 0 Å². The number of fused-ring (bicyclic) bond motifs is 1. The molecule has 0 radical (unpaired) electrons. The highest BCUT2D eigenvalue weighted by Gasteiger charge is 2.48. The fourth-order valence-electron chi connectivity index (χ4n) is 5.97. The maximum atomic E-state index is 13.1. The van der Waals surface area contributed by atoms with Crippen LogP contribution in [0.15, 0.2) is 48.0 Å². The number of carbonyl (C=O) groups excluding carboxylic acids is 2. The van der Waals surface area contributed by atoms with Crippen LogP contribution in [-0.2, 0) is 20.1 Å². The van der Waals surface area contributed by atoms with Gasteiger partial charge < -0.3 is 14.6 Å². The number of carbonyl (C=O) groups is 2. The van der Waals surface area contributed by atoms with Crippen molar-refractivity contribution in [3.8, 4) is 0 Å². The Kier molecular flexibility index (Phi) is 8.34. The van der Waals surface area contributed by atoms with Crippen LogP contribution in [0.25, 0.3) is 16.6 Å². The number of rotatable bonds is 5. The minimum absolute atomic E-state index is 0.406. The van der Waals surface area contributed by atoms with E-state index in [1.807, 2.05) is 49.4 Å². The number of aryl methyl sites for hydroxylation is 1. The molecule has 1 unspecified atom stereocenters. The first-order valence-electron chi connectivity index (χ1n) is 13.9. The lowest BCUT2D eigenvalue weighted by atomic mass is 9.80. The number of nitrogens with zero attached hydrogens (tertiary/aromatic N) is 2. The number of hydrogen-bond acceptors (Lipinski definition) is 7. The largest absolute Gasteiger partial charge is 0.421 e. The first-order chi connectivity index (χ1) is 18.5. The fourth-order valence-corrected chi connectivity index (χ4v) is 6.49. The second-order valence-electron chi connectivity index (χ2n) is 11.0. The molecule has 0 amide bonds. The Bertz CT molecular complexity index is 1300. The molecule has 7 heteroatoms. The molecule has 1 atom stereocenters. The Morgan fingerprint density at radius 3 is 2.26 bits per heavy atom. The van der Waals surface area contributed by atoms with Gasteiger partial charge in [0.1, 0.15) is 17.3 Å². The first kappa shape index (κ1) is 26.7. The molecule has 0 saturated heterocycles. The van der Waals surface area contributed by atoms with Gasteiger partial charge in [0.25, 0.3) is 5.79 Å². The molecule has 2 saturated carbocycles. The number of hydrogen-bond donors (Lipinski definition) is 1. The molecule has 2 aromatic carbocycles. The third-order valence-corrected chi connectivity index (χ3v) is 8.76. The third kappa shape index (κ3) is 5.74. The van der Waals surface area contributed by atoms with Crippen molar-refractivity contribution in [2.24, 2.45) is 11.8 Å². The summed E-state index contributed by atoms with van der Waals surface area (Å²) in [6.07, 6.45) is 13.8. The molecule has 3 aromatic rings. The van der Waals surface area contributed by atoms with Crippen LogP contribution < -0.4 is 0 Å². The topological polar surface area (TPSA) is 89.4 Å². The number of benzene rings is 2. The van der Waals surface area contributed by atoms with E-state index in [-0.39, 0.29) is 0 Å². The van der Waals surface area contributed by atoms with Crippen molar-refractivity contribution in [1.82, 2.24) is 8.75 Å². The highest BCUT2D eigenvalue weighted by molar-refractivity contribution is 7.00. The van der Waals surface area contributed by atoms with Crippen LogP contribution in [0.4, 0.5) is 0 Å². The van der Waals surface area contributed by atoms with E-state index in [1.54, 1.807) is 0 Å². The molecule has 2 heterocycles. The highest BCUT2D eigenvalue weighted by Crippen LogP contribution is 2.47. The number of esters is 1. The summed E-state index contributed by atoms with van der Waals surface area (Å²) >= 11 is 1.15. The van der Waals surface area contributed by atoms with Crippen molar-refractivity contribution < 1.29 is 19.4 Å². The van der Waals surface area contributed by atoms with Gasteiger partial charge in [0, 0.05) is 17.1 Å². The molecule has 200 valence electrons. The Morgan fingerprint density at radius 1 is 0.947 bits per heavy atom. The van der Waals surface area contributed by atoms with E-state index in [0.29, 0.717) is 35.0 Å². The van der Waals surface area contributed by atoms with Gasteiger partial charge in [0.2, 0.25) is 0 Å². The smallest absolute Gasteiger partial charge is 0.341 e. The van der Waals surface area contributed by atoms with Gasteiger partial charge in [0.15, 0.2) is 0 Å². The predicted octanol–water partition coefficient (Wildman–Crippen LogP) is 6.89. The summed E-state index contributed by atoms with van der Waals surface area (Å²) in [4.78, 5) is 23.2. The molecular weight excluding hydrogens is 496 g/mol. The van der Waals surface area contributed by atoms with E-state index in [1.165, 1.54) is 38.5 Å². The Hall–Kier alpha value is -2.90. The summed E-state index contributed by atoms with van der Waals surface area (Å²) < 4.78 is 14.3. The monoisotopic (exact) mass is 532 g/mol. The van der Waals surface area contributed by atoms with Crippen LogP contribution in [0.3, 0.4) is 0 Å². The van der Waals surface area contributed by atoms with Crippen molar-refractivity contribution in [3.05, 3.63) is 64.7 Å². The normalized spacial score (nSPS) is 22.7. The molecule has 38 heavy (non-hydrogen) atoms. The zero-order valence-electron chi connectivity index (χ0n) is 22.0. The van der Waals surface area contributed by atoms with E-state index in [9.17, 15) is 14.7 Å². The zero-order valence-corrected chi connectivity index (χ0v) is 22.8. The van der Waals surface area contributed by atoms with Crippen LogP contribution >= 0.6 is 11.7 Å². The van der Waals surface area contributed by atoms with Gasteiger partial charge in [-0.05, 0) is 49.8 Å². The summed E-state index contributed by atoms with van der Waals surface area (Å²) in [5, 5.41) is 11.7. The Morgan fingerprint density at radius 2 is 1.61 bits per heavy atom. The second kappa shape index (κ2) is 11.9. The summed E-state index contributed by atoms with van der Waals surface area (Å²) in [6, 6.07) is 13.2. The third-order valence-electron chi connectivity index (χ3n) is 8.20. The van der Waals surface area contributed by atoms with E-state index in [0.717, 1.165) is 65.9 Å². The van der Waals surface area contributed by atoms with E-state index < -0.39 is 11.8 Å². The van der Waals surface area contributed by atoms with Gasteiger partial charge in [-0.2, -0.15) is 8.75 Å². The van der Waals surface area contributed by atoms with Gasteiger partial charge in [-0.3, -0.25) is 0 Å². The van der Waals surface area contributed by atoms with Crippen molar-refractivity contribution in [3.63, 3.8) is 0 Å². The number of aldehydes is 1. The van der Waals surface area contributed by atoms with E-state index >= 15 is 0 Å². The van der Waals surface area contributed by atoms with E-state index in [4.69, 9.17) is 4.74 Å². The quantitative estimate of drug-likeness (QED) is 0.284. The summed E-state index contributed by atoms with van der Waals surface area (Å²) in [6.45, 7) is 2.00. The van der Waals surface area contributed by atoms with Gasteiger partial charge in [-0.1, -0.05) is 87.3 Å². The van der Waals surface area contributed by atoms with Crippen LogP contribution in [0, 0.1) is 18.8 Å². The lowest BCUT2D eigenvalue weighted by Gasteiger charge is -2.29. The average Bonchev–Trinajstić information content (AvgIpc) is 3.52. The van der Waals surface area contributed by atoms with Crippen LogP contribution in [0.1, 0.15) is 87.3 Å². The summed E-state index contributed by atoms with van der Waals surface area (Å²) in [7, 11) is 0. The van der Waals surface area contributed by atoms with Crippen molar-refractivity contribution >= 4 is 40.6 Å². The molecule has 3 aliphatic rings. The number of aromatic nitrogens is 2. The molecule has 6 nitrogen and oxygen atoms in total. The Balaban J connectivity index is 0.000000316. The molecule has 1 aromatic heterocycles. The number of ether oxygens (including phenoxy) is 1. The molecule has 1 N–H and O–H groups in total. The van der Waals surface area contributed by atoms with Crippen molar-refractivity contribution in [2.45, 2.75) is 83.3 Å². The molecule has 0 spiro atoms. The molecule has 1 aliphatic heterocycles. The fraction of sp³-hybridized carbons (Fsp3) is 0.484. The first-order valence-corrected chi connectivity index (χ1v) is 14.7. The standard InChI is InChI=1S/C24H24N2O3S.C7H12O/c1-15-7-10-18(11-8-15)24(28)19(13-16-5-3-2-4-6-16)22(23(27)29-24)17-9-12-20-21(14-17)26-30-25-20;8-6-7-4-2-1-3-5-7/h7-12,14,16,28H,2-6,13H2,1H3;6-7H,1-5H2. The summed E-state index contributed by atoms with van der Waals surface area (Å²) in [5.74, 6) is -1.36. The van der Waals surface area contributed by atoms with Crippen LogP contribution in [-0.4, -0.2) is 26.1 Å². The van der Waals surface area contributed by atoms with Gasteiger partial charge in [-0.25, -0.2) is 4.79 Å². The maximum absolute atomic E-state index is 13.1. The lowest BCUT2D eigenvalue weighted by Crippen LogP contribution is -2.30. The SMILES string of the molecule is Cc1ccc(C2(O)OC(=O)C(c3ccc4nsnc4c3)=C2CC2CCCCC2)cc1.O=CC1CCCCC1. The average molecular weight is 533 g/mol. The molecule has 6 rings (SSSR count).